The number of ether oxygens (including phenoxy) is 1. The minimum Gasteiger partial charge on any atom is -0.489 e. The molecule has 0 saturated heterocycles. The van der Waals surface area contributed by atoms with Gasteiger partial charge in [-0.25, -0.2) is 9.97 Å². The van der Waals surface area contributed by atoms with E-state index in [4.69, 9.17) is 10.5 Å². The van der Waals surface area contributed by atoms with Crippen molar-refractivity contribution in [3.63, 3.8) is 0 Å². The van der Waals surface area contributed by atoms with Crippen LogP contribution in [0.1, 0.15) is 24.4 Å². The van der Waals surface area contributed by atoms with Gasteiger partial charge in [-0.15, -0.1) is 0 Å². The van der Waals surface area contributed by atoms with E-state index in [1.807, 2.05) is 37.4 Å². The van der Waals surface area contributed by atoms with Crippen LogP contribution in [0.2, 0.25) is 0 Å². The minimum absolute atomic E-state index is 0.446. The van der Waals surface area contributed by atoms with Crippen molar-refractivity contribution in [3.05, 3.63) is 72.7 Å². The predicted molar refractivity (Wildman–Crippen MR) is 124 cm³/mol. The topological polar surface area (TPSA) is 78.0 Å². The number of anilines is 1. The van der Waals surface area contributed by atoms with Crippen LogP contribution in [0, 0.1) is 5.92 Å². The van der Waals surface area contributed by atoms with Gasteiger partial charge in [-0.1, -0.05) is 42.5 Å². The van der Waals surface area contributed by atoms with Gasteiger partial charge in [-0.3, -0.25) is 0 Å². The smallest absolute Gasteiger partial charge is 0.146 e. The summed E-state index contributed by atoms with van der Waals surface area (Å²) in [5.74, 6) is 2.06. The Balaban J connectivity index is 1.46. The second-order valence-corrected chi connectivity index (χ2v) is 8.26. The van der Waals surface area contributed by atoms with E-state index >= 15 is 0 Å². The maximum atomic E-state index is 6.31. The lowest BCUT2D eigenvalue weighted by Gasteiger charge is -2.36. The van der Waals surface area contributed by atoms with Gasteiger partial charge in [0.2, 0.25) is 0 Å². The van der Waals surface area contributed by atoms with Crippen molar-refractivity contribution >= 4 is 16.9 Å². The summed E-state index contributed by atoms with van der Waals surface area (Å²) in [6.45, 7) is 1.59. The van der Waals surface area contributed by atoms with Crippen LogP contribution in [0.25, 0.3) is 22.2 Å². The molecular weight excluding hydrogens is 386 g/mol. The maximum Gasteiger partial charge on any atom is 0.146 e. The largest absolute Gasteiger partial charge is 0.489 e. The van der Waals surface area contributed by atoms with E-state index < -0.39 is 0 Å². The predicted octanol–water partition coefficient (Wildman–Crippen LogP) is 4.43. The molecule has 6 nitrogen and oxygen atoms in total. The molecule has 3 N–H and O–H groups in total. The average Bonchev–Trinajstić information content (AvgIpc) is 3.16. The molecule has 0 bridgehead atoms. The van der Waals surface area contributed by atoms with Crippen molar-refractivity contribution in [2.75, 3.05) is 19.3 Å². The molecule has 0 amide bonds. The van der Waals surface area contributed by atoms with Crippen LogP contribution in [0.15, 0.2) is 67.1 Å². The highest BCUT2D eigenvalue weighted by atomic mass is 16.5. The van der Waals surface area contributed by atoms with Crippen molar-refractivity contribution in [1.29, 1.82) is 0 Å². The van der Waals surface area contributed by atoms with Crippen molar-refractivity contribution in [3.8, 4) is 16.9 Å². The van der Waals surface area contributed by atoms with Gasteiger partial charge < -0.3 is 20.4 Å². The summed E-state index contributed by atoms with van der Waals surface area (Å²) in [7, 11) is 2.01. The molecule has 1 aliphatic rings. The number of rotatable bonds is 7. The summed E-state index contributed by atoms with van der Waals surface area (Å²) in [6, 6.07) is 18.8. The Kier molecular flexibility index (Phi) is 5.30. The first kappa shape index (κ1) is 19.6. The van der Waals surface area contributed by atoms with Gasteiger partial charge in [-0.05, 0) is 55.6 Å². The highest BCUT2D eigenvalue weighted by Crippen LogP contribution is 2.42. The summed E-state index contributed by atoms with van der Waals surface area (Å²) in [6.07, 6.45) is 6.04. The Morgan fingerprint density at radius 1 is 1.10 bits per heavy atom. The number of benzene rings is 2. The van der Waals surface area contributed by atoms with E-state index in [0.717, 1.165) is 52.9 Å². The Hall–Kier alpha value is -3.38. The first-order valence-electron chi connectivity index (χ1n) is 10.8. The summed E-state index contributed by atoms with van der Waals surface area (Å²) in [5.41, 5.74) is 10.5. The fourth-order valence-electron chi connectivity index (χ4n) is 4.48. The zero-order valence-electron chi connectivity index (χ0n) is 17.7. The Bertz CT molecular complexity index is 1180. The molecule has 0 aliphatic heterocycles. The first-order valence-corrected chi connectivity index (χ1v) is 10.8. The molecule has 2 aromatic carbocycles. The van der Waals surface area contributed by atoms with Crippen LogP contribution in [0.4, 0.5) is 5.82 Å². The lowest BCUT2D eigenvalue weighted by atomic mass is 9.80. The molecule has 158 valence electrons. The minimum atomic E-state index is 0.446. The monoisotopic (exact) mass is 413 g/mol. The molecule has 0 spiro atoms. The lowest BCUT2D eigenvalue weighted by Crippen LogP contribution is -2.33. The molecule has 0 atom stereocenters. The summed E-state index contributed by atoms with van der Waals surface area (Å²) in [5, 5.41) is 4.20. The van der Waals surface area contributed by atoms with Gasteiger partial charge in [0, 0.05) is 17.8 Å². The summed E-state index contributed by atoms with van der Waals surface area (Å²) in [4.78, 5) is 8.85. The summed E-state index contributed by atoms with van der Waals surface area (Å²) < 4.78 is 8.33. The van der Waals surface area contributed by atoms with Gasteiger partial charge in [0.05, 0.1) is 5.39 Å². The molecule has 0 radical (unpaired) electrons. The second-order valence-electron chi connectivity index (χ2n) is 8.26. The van der Waals surface area contributed by atoms with Gasteiger partial charge in [0.1, 0.15) is 30.1 Å². The molecule has 1 saturated carbocycles. The zero-order valence-corrected chi connectivity index (χ0v) is 17.7. The molecule has 2 heterocycles. The number of nitrogens with one attached hydrogen (secondary N) is 1. The first-order chi connectivity index (χ1) is 15.2. The number of nitrogens with two attached hydrogens (primary N) is 1. The highest BCUT2D eigenvalue weighted by molar-refractivity contribution is 6.00. The maximum absolute atomic E-state index is 6.31. The van der Waals surface area contributed by atoms with E-state index in [1.54, 1.807) is 6.33 Å². The van der Waals surface area contributed by atoms with E-state index in [2.05, 4.69) is 50.3 Å². The quantitative estimate of drug-likeness (QED) is 0.469. The van der Waals surface area contributed by atoms with Crippen molar-refractivity contribution in [1.82, 2.24) is 19.9 Å². The van der Waals surface area contributed by atoms with Crippen LogP contribution in [-0.2, 0) is 6.61 Å². The second kappa shape index (κ2) is 8.40. The SMILES string of the molecule is CNC[C@H]1C[C@H](n2cc(-c3cccc(OCc4ccccc4)c3)c3c(N)ncnc32)C1. The molecule has 2 aromatic heterocycles. The number of hydrogen-bond donors (Lipinski definition) is 2. The third-order valence-electron chi connectivity index (χ3n) is 6.13. The third-order valence-corrected chi connectivity index (χ3v) is 6.13. The van der Waals surface area contributed by atoms with E-state index in [1.165, 1.54) is 0 Å². The number of aromatic nitrogens is 3. The van der Waals surface area contributed by atoms with Crippen LogP contribution < -0.4 is 15.8 Å². The van der Waals surface area contributed by atoms with Crippen molar-refractivity contribution < 1.29 is 4.74 Å². The molecule has 6 heteroatoms. The Labute approximate surface area is 182 Å². The normalized spacial score (nSPS) is 18.1. The van der Waals surface area contributed by atoms with Crippen LogP contribution in [0.5, 0.6) is 5.75 Å². The number of nitrogens with zero attached hydrogens (tertiary/aromatic N) is 3. The van der Waals surface area contributed by atoms with Crippen LogP contribution >= 0.6 is 0 Å². The van der Waals surface area contributed by atoms with Gasteiger partial charge >= 0.3 is 0 Å². The summed E-state index contributed by atoms with van der Waals surface area (Å²) >= 11 is 0. The fourth-order valence-corrected chi connectivity index (χ4v) is 4.48. The van der Waals surface area contributed by atoms with Crippen molar-refractivity contribution in [2.45, 2.75) is 25.5 Å². The van der Waals surface area contributed by atoms with E-state index in [0.29, 0.717) is 24.4 Å². The van der Waals surface area contributed by atoms with Crippen LogP contribution in [-0.4, -0.2) is 28.1 Å². The molecule has 31 heavy (non-hydrogen) atoms. The molecule has 1 fully saturated rings. The van der Waals surface area contributed by atoms with Gasteiger partial charge in [0.25, 0.3) is 0 Å². The molecule has 4 aromatic rings. The van der Waals surface area contributed by atoms with Gasteiger partial charge in [-0.2, -0.15) is 0 Å². The standard InChI is InChI=1S/C25H27N5O/c1-27-13-18-10-20(11-18)30-14-22(23-24(26)28-16-29-25(23)30)19-8-5-9-21(12-19)31-15-17-6-3-2-4-7-17/h2-9,12,14,16,18,20,27H,10-11,13,15H2,1H3,(H2,26,28,29)/t18-,20-. The highest BCUT2D eigenvalue weighted by Gasteiger charge is 2.32. The van der Waals surface area contributed by atoms with Crippen LogP contribution in [0.3, 0.4) is 0 Å². The number of hydrogen-bond acceptors (Lipinski definition) is 5. The Morgan fingerprint density at radius 2 is 1.94 bits per heavy atom. The molecule has 0 unspecified atom stereocenters. The molecular formula is C25H27N5O. The van der Waals surface area contributed by atoms with E-state index in [-0.39, 0.29) is 0 Å². The number of nitrogen functional groups attached to an aromatic ring is 1. The lowest BCUT2D eigenvalue weighted by molar-refractivity contribution is 0.200. The number of fused-ring (bicyclic) bond motifs is 1. The Morgan fingerprint density at radius 3 is 2.74 bits per heavy atom. The van der Waals surface area contributed by atoms with E-state index in [9.17, 15) is 0 Å². The van der Waals surface area contributed by atoms with Crippen molar-refractivity contribution in [2.24, 2.45) is 5.92 Å². The zero-order chi connectivity index (χ0) is 21.2. The third kappa shape index (κ3) is 3.86. The average molecular weight is 414 g/mol. The molecule has 1 aliphatic carbocycles. The van der Waals surface area contributed by atoms with Gasteiger partial charge in [0.15, 0.2) is 0 Å². The fraction of sp³-hybridized carbons (Fsp3) is 0.280. The molecule has 5 rings (SSSR count).